The van der Waals surface area contributed by atoms with Gasteiger partial charge < -0.3 is 5.32 Å². The van der Waals surface area contributed by atoms with Gasteiger partial charge in [0, 0.05) is 17.8 Å². The first-order valence-electron chi connectivity index (χ1n) is 8.59. The average molecular weight is 332 g/mol. The quantitative estimate of drug-likeness (QED) is 0.781. The van der Waals surface area contributed by atoms with E-state index in [9.17, 15) is 4.79 Å². The number of carbonyl (C=O) groups is 1. The predicted octanol–water partition coefficient (Wildman–Crippen LogP) is 2.80. The highest BCUT2D eigenvalue weighted by Crippen LogP contribution is 2.28. The fourth-order valence-electron chi connectivity index (χ4n) is 3.46. The number of nitrogens with one attached hydrogen (secondary N) is 1. The highest BCUT2D eigenvalue weighted by Gasteiger charge is 2.20. The van der Waals surface area contributed by atoms with Crippen molar-refractivity contribution in [3.05, 3.63) is 77.9 Å². The third-order valence-corrected chi connectivity index (χ3v) is 4.82. The maximum absolute atomic E-state index is 12.3. The number of benzene rings is 2. The zero-order valence-corrected chi connectivity index (χ0v) is 13.9. The van der Waals surface area contributed by atoms with Crippen LogP contribution in [0.1, 0.15) is 27.9 Å². The molecule has 0 spiro atoms. The number of hydrogen-bond acceptors (Lipinski definition) is 3. The van der Waals surface area contributed by atoms with Gasteiger partial charge in [-0.3, -0.25) is 9.36 Å². The van der Waals surface area contributed by atoms with Crippen molar-refractivity contribution >= 4 is 5.91 Å². The zero-order valence-electron chi connectivity index (χ0n) is 13.9. The van der Waals surface area contributed by atoms with Crippen molar-refractivity contribution in [2.45, 2.75) is 19.3 Å². The summed E-state index contributed by atoms with van der Waals surface area (Å²) in [7, 11) is 0. The molecule has 4 rings (SSSR count). The molecule has 1 aromatic heterocycles. The van der Waals surface area contributed by atoms with Crippen LogP contribution in [0, 0.1) is 5.92 Å². The van der Waals surface area contributed by atoms with Gasteiger partial charge in [-0.15, -0.1) is 10.2 Å². The Kier molecular flexibility index (Phi) is 4.29. The largest absolute Gasteiger partial charge is 0.352 e. The predicted molar refractivity (Wildman–Crippen MR) is 95.6 cm³/mol. The first-order chi connectivity index (χ1) is 12.3. The Balaban J connectivity index is 1.28. The molecule has 5 nitrogen and oxygen atoms in total. The van der Waals surface area contributed by atoms with Gasteiger partial charge in [0.05, 0.1) is 0 Å². The van der Waals surface area contributed by atoms with Crippen LogP contribution in [0.5, 0.6) is 0 Å². The van der Waals surface area contributed by atoms with Crippen molar-refractivity contribution in [1.29, 1.82) is 0 Å². The number of amides is 1. The maximum Gasteiger partial charge on any atom is 0.251 e. The fraction of sp³-hybridized carbons (Fsp3) is 0.250. The van der Waals surface area contributed by atoms with Gasteiger partial charge >= 0.3 is 0 Å². The van der Waals surface area contributed by atoms with E-state index in [1.54, 1.807) is 17.2 Å². The number of hydrogen-bond donors (Lipinski definition) is 1. The molecule has 0 bridgehead atoms. The lowest BCUT2D eigenvalue weighted by Gasteiger charge is -2.10. The van der Waals surface area contributed by atoms with Gasteiger partial charge in [-0.25, -0.2) is 0 Å². The lowest BCUT2D eigenvalue weighted by atomic mass is 10.0. The Morgan fingerprint density at radius 1 is 1.00 bits per heavy atom. The molecule has 1 aliphatic carbocycles. The summed E-state index contributed by atoms with van der Waals surface area (Å²) in [5.74, 6) is 0.611. The fourth-order valence-corrected chi connectivity index (χ4v) is 3.46. The number of fused-ring (bicyclic) bond motifs is 1. The van der Waals surface area contributed by atoms with Gasteiger partial charge in [-0.1, -0.05) is 24.3 Å². The average Bonchev–Trinajstić information content (AvgIpc) is 3.31. The van der Waals surface area contributed by atoms with E-state index >= 15 is 0 Å². The summed E-state index contributed by atoms with van der Waals surface area (Å²) in [5.41, 5.74) is 4.53. The summed E-state index contributed by atoms with van der Waals surface area (Å²) in [4.78, 5) is 12.3. The molecular weight excluding hydrogens is 312 g/mol. The summed E-state index contributed by atoms with van der Waals surface area (Å²) in [6, 6.07) is 16.1. The summed E-state index contributed by atoms with van der Waals surface area (Å²) >= 11 is 0. The molecule has 0 atom stereocenters. The molecule has 1 heterocycles. The molecule has 2 aromatic carbocycles. The van der Waals surface area contributed by atoms with E-state index in [2.05, 4.69) is 39.8 Å². The monoisotopic (exact) mass is 332 g/mol. The Hall–Kier alpha value is -2.95. The lowest BCUT2D eigenvalue weighted by Crippen LogP contribution is -2.26. The summed E-state index contributed by atoms with van der Waals surface area (Å²) in [6.45, 7) is 0.713. The van der Waals surface area contributed by atoms with E-state index in [4.69, 9.17) is 0 Å². The van der Waals surface area contributed by atoms with E-state index in [-0.39, 0.29) is 5.91 Å². The molecule has 126 valence electrons. The van der Waals surface area contributed by atoms with Crippen molar-refractivity contribution in [2.24, 2.45) is 5.92 Å². The summed E-state index contributed by atoms with van der Waals surface area (Å²) in [6.07, 6.45) is 6.53. The highest BCUT2D eigenvalue weighted by molar-refractivity contribution is 5.94. The Labute approximate surface area is 146 Å². The second-order valence-electron chi connectivity index (χ2n) is 6.50. The second-order valence-corrected chi connectivity index (χ2v) is 6.50. The maximum atomic E-state index is 12.3. The molecule has 0 radical (unpaired) electrons. The number of carbonyl (C=O) groups excluding carboxylic acids is 1. The first kappa shape index (κ1) is 15.6. The van der Waals surface area contributed by atoms with E-state index in [0.29, 0.717) is 18.0 Å². The molecule has 0 saturated heterocycles. The standard InChI is InChI=1S/C20H20N4O/c25-20(16-5-7-19(8-6-16)24-13-22-23-14-24)21-10-9-15-11-17-3-1-2-4-18(17)12-15/h1-8,13-15H,9-12H2,(H,21,25). The summed E-state index contributed by atoms with van der Waals surface area (Å²) < 4.78 is 1.81. The number of rotatable bonds is 5. The topological polar surface area (TPSA) is 59.8 Å². The van der Waals surface area contributed by atoms with E-state index < -0.39 is 0 Å². The third-order valence-electron chi connectivity index (χ3n) is 4.82. The Bertz CT molecular complexity index is 831. The first-order valence-corrected chi connectivity index (χ1v) is 8.59. The molecule has 3 aromatic rings. The minimum absolute atomic E-state index is 0.0224. The van der Waals surface area contributed by atoms with Gasteiger partial charge in [0.2, 0.25) is 0 Å². The van der Waals surface area contributed by atoms with Crippen molar-refractivity contribution in [3.63, 3.8) is 0 Å². The van der Waals surface area contributed by atoms with Gasteiger partial charge in [-0.2, -0.15) is 0 Å². The van der Waals surface area contributed by atoms with Gasteiger partial charge in [0.15, 0.2) is 0 Å². The van der Waals surface area contributed by atoms with Crippen molar-refractivity contribution in [3.8, 4) is 5.69 Å². The number of aromatic nitrogens is 3. The van der Waals surface area contributed by atoms with Crippen LogP contribution in [0.15, 0.2) is 61.2 Å². The highest BCUT2D eigenvalue weighted by atomic mass is 16.1. The van der Waals surface area contributed by atoms with Crippen LogP contribution in [-0.4, -0.2) is 27.2 Å². The molecule has 25 heavy (non-hydrogen) atoms. The molecule has 0 aliphatic heterocycles. The van der Waals surface area contributed by atoms with Gasteiger partial charge in [0.25, 0.3) is 5.91 Å². The van der Waals surface area contributed by atoms with Gasteiger partial charge in [0.1, 0.15) is 12.7 Å². The van der Waals surface area contributed by atoms with Crippen LogP contribution >= 0.6 is 0 Å². The van der Waals surface area contributed by atoms with E-state index in [1.165, 1.54) is 11.1 Å². The molecule has 0 unspecified atom stereocenters. The lowest BCUT2D eigenvalue weighted by molar-refractivity contribution is 0.0951. The molecular formula is C20H20N4O. The van der Waals surface area contributed by atoms with Crippen molar-refractivity contribution in [2.75, 3.05) is 6.54 Å². The van der Waals surface area contributed by atoms with Crippen LogP contribution in [0.25, 0.3) is 5.69 Å². The Morgan fingerprint density at radius 2 is 1.64 bits per heavy atom. The summed E-state index contributed by atoms with van der Waals surface area (Å²) in [5, 5.41) is 10.6. The molecule has 0 saturated carbocycles. The third kappa shape index (κ3) is 3.45. The van der Waals surface area contributed by atoms with E-state index in [1.807, 2.05) is 24.3 Å². The molecule has 1 amide bonds. The van der Waals surface area contributed by atoms with Crippen LogP contribution in [0.4, 0.5) is 0 Å². The van der Waals surface area contributed by atoms with Crippen molar-refractivity contribution < 1.29 is 4.79 Å². The molecule has 1 N–H and O–H groups in total. The normalized spacial score (nSPS) is 13.6. The minimum Gasteiger partial charge on any atom is -0.352 e. The molecule has 0 fully saturated rings. The van der Waals surface area contributed by atoms with Crippen LogP contribution in [-0.2, 0) is 12.8 Å². The van der Waals surface area contributed by atoms with Crippen LogP contribution in [0.3, 0.4) is 0 Å². The second kappa shape index (κ2) is 6.89. The van der Waals surface area contributed by atoms with Crippen molar-refractivity contribution in [1.82, 2.24) is 20.1 Å². The molecule has 5 heteroatoms. The van der Waals surface area contributed by atoms with Gasteiger partial charge in [-0.05, 0) is 60.6 Å². The zero-order chi connectivity index (χ0) is 17.1. The SMILES string of the molecule is O=C(NCCC1Cc2ccccc2C1)c1ccc(-n2cnnc2)cc1. The Morgan fingerprint density at radius 3 is 2.28 bits per heavy atom. The smallest absolute Gasteiger partial charge is 0.251 e. The number of nitrogens with zero attached hydrogens (tertiary/aromatic N) is 3. The molecule has 1 aliphatic rings. The van der Waals surface area contributed by atoms with E-state index in [0.717, 1.165) is 24.9 Å². The van der Waals surface area contributed by atoms with Crippen LogP contribution < -0.4 is 5.32 Å². The van der Waals surface area contributed by atoms with Crippen LogP contribution in [0.2, 0.25) is 0 Å². The minimum atomic E-state index is -0.0224.